The van der Waals surface area contributed by atoms with Crippen molar-refractivity contribution in [1.82, 2.24) is 20.2 Å². The largest absolute Gasteiger partial charge is 0.494 e. The normalized spacial score (nSPS) is 11.1. The molecule has 10 nitrogen and oxygen atoms in total. The van der Waals surface area contributed by atoms with E-state index < -0.39 is 15.9 Å². The van der Waals surface area contributed by atoms with Gasteiger partial charge in [-0.25, -0.2) is 8.42 Å². The number of tetrazole rings is 1. The Labute approximate surface area is 161 Å². The predicted octanol–water partition coefficient (Wildman–Crippen LogP) is 1.60. The third kappa shape index (κ3) is 4.26. The van der Waals surface area contributed by atoms with Crippen LogP contribution in [0.4, 0.5) is 11.4 Å². The molecule has 0 unspecified atom stereocenters. The number of carbonyl (C=O) groups excluding carboxylic acids is 1. The van der Waals surface area contributed by atoms with Crippen molar-refractivity contribution >= 4 is 27.3 Å². The SMILES string of the molecule is COc1ccc(NC(=O)c2ccccc2NS(C)(=O)=O)cc1-n1nnnc1C. The summed E-state index contributed by atoms with van der Waals surface area (Å²) in [6.07, 6.45) is 1.02. The van der Waals surface area contributed by atoms with Crippen LogP contribution in [0.3, 0.4) is 0 Å². The number of nitrogens with one attached hydrogen (secondary N) is 2. The number of rotatable bonds is 6. The van der Waals surface area contributed by atoms with Gasteiger partial charge in [-0.3, -0.25) is 9.52 Å². The Balaban J connectivity index is 1.93. The van der Waals surface area contributed by atoms with Gasteiger partial charge >= 0.3 is 0 Å². The molecule has 1 heterocycles. The molecule has 0 fully saturated rings. The number of nitrogens with zero attached hydrogens (tertiary/aromatic N) is 4. The number of aromatic nitrogens is 4. The van der Waals surface area contributed by atoms with Crippen LogP contribution in [0.5, 0.6) is 5.75 Å². The molecule has 0 aliphatic rings. The van der Waals surface area contributed by atoms with E-state index in [9.17, 15) is 13.2 Å². The minimum Gasteiger partial charge on any atom is -0.494 e. The van der Waals surface area contributed by atoms with E-state index in [0.717, 1.165) is 6.26 Å². The van der Waals surface area contributed by atoms with E-state index in [1.54, 1.807) is 37.3 Å². The number of ether oxygens (including phenoxy) is 1. The summed E-state index contributed by atoms with van der Waals surface area (Å²) in [5, 5.41) is 14.1. The first-order valence-corrected chi connectivity index (χ1v) is 9.99. The summed E-state index contributed by atoms with van der Waals surface area (Å²) < 4.78 is 32.2. The number of amides is 1. The predicted molar refractivity (Wildman–Crippen MR) is 103 cm³/mol. The fraction of sp³-hybridized carbons (Fsp3) is 0.176. The van der Waals surface area contributed by atoms with E-state index in [1.165, 1.54) is 23.9 Å². The Morgan fingerprint density at radius 2 is 1.93 bits per heavy atom. The molecule has 0 aliphatic carbocycles. The van der Waals surface area contributed by atoms with Crippen LogP contribution in [0, 0.1) is 6.92 Å². The van der Waals surface area contributed by atoms with Crippen molar-refractivity contribution in [1.29, 1.82) is 0 Å². The van der Waals surface area contributed by atoms with Crippen LogP contribution in [-0.2, 0) is 10.0 Å². The Morgan fingerprint density at radius 1 is 1.18 bits per heavy atom. The van der Waals surface area contributed by atoms with Crippen molar-refractivity contribution < 1.29 is 17.9 Å². The van der Waals surface area contributed by atoms with Gasteiger partial charge in [-0.15, -0.1) is 5.10 Å². The van der Waals surface area contributed by atoms with Gasteiger partial charge in [-0.2, -0.15) is 4.68 Å². The van der Waals surface area contributed by atoms with Gasteiger partial charge in [0, 0.05) is 5.69 Å². The van der Waals surface area contributed by atoms with Crippen molar-refractivity contribution in [2.75, 3.05) is 23.4 Å². The van der Waals surface area contributed by atoms with Gasteiger partial charge in [0.1, 0.15) is 11.4 Å². The van der Waals surface area contributed by atoms with Crippen molar-refractivity contribution in [2.24, 2.45) is 0 Å². The highest BCUT2D eigenvalue weighted by Crippen LogP contribution is 2.27. The highest BCUT2D eigenvalue weighted by molar-refractivity contribution is 7.92. The van der Waals surface area contributed by atoms with Gasteiger partial charge < -0.3 is 10.1 Å². The number of hydrogen-bond donors (Lipinski definition) is 2. The number of anilines is 2. The molecule has 2 N–H and O–H groups in total. The lowest BCUT2D eigenvalue weighted by atomic mass is 10.1. The van der Waals surface area contributed by atoms with Crippen LogP contribution in [-0.4, -0.2) is 47.9 Å². The number of sulfonamides is 1. The van der Waals surface area contributed by atoms with Gasteiger partial charge in [0.25, 0.3) is 5.91 Å². The highest BCUT2D eigenvalue weighted by atomic mass is 32.2. The van der Waals surface area contributed by atoms with Crippen LogP contribution in [0.15, 0.2) is 42.5 Å². The van der Waals surface area contributed by atoms with Crippen molar-refractivity contribution in [3.05, 3.63) is 53.9 Å². The molecule has 3 rings (SSSR count). The van der Waals surface area contributed by atoms with Crippen LogP contribution >= 0.6 is 0 Å². The van der Waals surface area contributed by atoms with E-state index in [1.807, 2.05) is 0 Å². The first-order valence-electron chi connectivity index (χ1n) is 8.10. The molecule has 0 atom stereocenters. The molecule has 146 valence electrons. The lowest BCUT2D eigenvalue weighted by Crippen LogP contribution is -2.17. The molecule has 1 aromatic heterocycles. The molecule has 0 bridgehead atoms. The molecule has 0 spiro atoms. The molecule has 1 amide bonds. The molecule has 0 saturated heterocycles. The zero-order chi connectivity index (χ0) is 20.3. The number of methoxy groups -OCH3 is 1. The Hall–Kier alpha value is -3.47. The maximum atomic E-state index is 12.7. The summed E-state index contributed by atoms with van der Waals surface area (Å²) in [7, 11) is -2.01. The molecule has 0 saturated carbocycles. The fourth-order valence-electron chi connectivity index (χ4n) is 2.56. The van der Waals surface area contributed by atoms with Gasteiger partial charge in [0.2, 0.25) is 10.0 Å². The third-order valence-electron chi connectivity index (χ3n) is 3.76. The summed E-state index contributed by atoms with van der Waals surface area (Å²) in [6.45, 7) is 1.73. The van der Waals surface area contributed by atoms with Crippen LogP contribution in [0.25, 0.3) is 5.69 Å². The quantitative estimate of drug-likeness (QED) is 0.641. The Kier molecular flexibility index (Phi) is 5.27. The van der Waals surface area contributed by atoms with E-state index in [-0.39, 0.29) is 11.3 Å². The Morgan fingerprint density at radius 3 is 2.57 bits per heavy atom. The number of benzene rings is 2. The van der Waals surface area contributed by atoms with Crippen LogP contribution in [0.1, 0.15) is 16.2 Å². The summed E-state index contributed by atoms with van der Waals surface area (Å²) in [5.41, 5.74) is 1.38. The zero-order valence-corrected chi connectivity index (χ0v) is 16.2. The van der Waals surface area contributed by atoms with Crippen LogP contribution < -0.4 is 14.8 Å². The first kappa shape index (κ1) is 19.3. The number of carbonyl (C=O) groups is 1. The van der Waals surface area contributed by atoms with Crippen LogP contribution in [0.2, 0.25) is 0 Å². The van der Waals surface area contributed by atoms with Gasteiger partial charge in [-0.1, -0.05) is 12.1 Å². The maximum absolute atomic E-state index is 12.7. The van der Waals surface area contributed by atoms with E-state index in [4.69, 9.17) is 4.74 Å². The number of aryl methyl sites for hydroxylation is 1. The molecule has 28 heavy (non-hydrogen) atoms. The fourth-order valence-corrected chi connectivity index (χ4v) is 3.13. The Bertz CT molecular complexity index is 1130. The number of hydrogen-bond acceptors (Lipinski definition) is 7. The van der Waals surface area contributed by atoms with Crippen molar-refractivity contribution in [2.45, 2.75) is 6.92 Å². The molecule has 2 aromatic carbocycles. The summed E-state index contributed by atoms with van der Waals surface area (Å²) >= 11 is 0. The molecule has 3 aromatic rings. The minimum absolute atomic E-state index is 0.184. The average Bonchev–Trinajstić information content (AvgIpc) is 3.06. The molecular weight excluding hydrogens is 384 g/mol. The van der Waals surface area contributed by atoms with E-state index >= 15 is 0 Å². The topological polar surface area (TPSA) is 128 Å². The second-order valence-electron chi connectivity index (χ2n) is 5.90. The molecular formula is C17H18N6O4S. The second-order valence-corrected chi connectivity index (χ2v) is 7.65. The average molecular weight is 402 g/mol. The zero-order valence-electron chi connectivity index (χ0n) is 15.4. The third-order valence-corrected chi connectivity index (χ3v) is 4.35. The number of para-hydroxylation sites is 1. The van der Waals surface area contributed by atoms with Gasteiger partial charge in [0.05, 0.1) is 24.6 Å². The minimum atomic E-state index is -3.53. The smallest absolute Gasteiger partial charge is 0.257 e. The maximum Gasteiger partial charge on any atom is 0.257 e. The monoisotopic (exact) mass is 402 g/mol. The lowest BCUT2D eigenvalue weighted by Gasteiger charge is -2.13. The standard InChI is InChI=1S/C17H18N6O4S/c1-11-19-21-22-23(11)15-10-12(8-9-16(15)27-2)18-17(24)13-6-4-5-7-14(13)20-28(3,25)26/h4-10,20H,1-3H3,(H,18,24). The van der Waals surface area contributed by atoms with Crippen molar-refractivity contribution in [3.8, 4) is 11.4 Å². The summed E-state index contributed by atoms with van der Waals surface area (Å²) in [6, 6.07) is 11.3. The summed E-state index contributed by atoms with van der Waals surface area (Å²) in [5.74, 6) is 0.591. The molecule has 0 aliphatic heterocycles. The highest BCUT2D eigenvalue weighted by Gasteiger charge is 2.16. The van der Waals surface area contributed by atoms with E-state index in [0.29, 0.717) is 22.9 Å². The molecule has 0 radical (unpaired) electrons. The van der Waals surface area contributed by atoms with Gasteiger partial charge in [-0.05, 0) is 47.7 Å². The second kappa shape index (κ2) is 7.64. The first-order chi connectivity index (χ1) is 13.3. The van der Waals surface area contributed by atoms with Crippen molar-refractivity contribution in [3.63, 3.8) is 0 Å². The lowest BCUT2D eigenvalue weighted by molar-refractivity contribution is 0.102. The van der Waals surface area contributed by atoms with E-state index in [2.05, 4.69) is 25.6 Å². The summed E-state index contributed by atoms with van der Waals surface area (Å²) in [4.78, 5) is 12.7. The molecule has 11 heteroatoms. The van der Waals surface area contributed by atoms with Gasteiger partial charge in [0.15, 0.2) is 5.82 Å².